The van der Waals surface area contributed by atoms with Crippen molar-refractivity contribution in [3.05, 3.63) is 47.8 Å². The number of fused-ring (bicyclic) bond motifs is 1. The molecular formula is C15H17N5O. The fourth-order valence-electron chi connectivity index (χ4n) is 2.25. The van der Waals surface area contributed by atoms with Crippen molar-refractivity contribution in [1.29, 1.82) is 0 Å². The number of benzene rings is 1. The Hall–Kier alpha value is -2.63. The van der Waals surface area contributed by atoms with Crippen LogP contribution in [0.4, 0.5) is 5.82 Å². The Morgan fingerprint density at radius 1 is 1.14 bits per heavy atom. The van der Waals surface area contributed by atoms with Gasteiger partial charge in [0.25, 0.3) is 0 Å². The van der Waals surface area contributed by atoms with Crippen LogP contribution in [0.2, 0.25) is 0 Å². The van der Waals surface area contributed by atoms with E-state index in [2.05, 4.69) is 15.2 Å². The average Bonchev–Trinajstić information content (AvgIpc) is 2.86. The topological polar surface area (TPSA) is 55.5 Å². The van der Waals surface area contributed by atoms with Crippen LogP contribution in [0, 0.1) is 6.92 Å². The lowest BCUT2D eigenvalue weighted by molar-refractivity contribution is 0.409. The maximum Gasteiger partial charge on any atom is 0.176 e. The van der Waals surface area contributed by atoms with Crippen LogP contribution in [0.3, 0.4) is 0 Å². The van der Waals surface area contributed by atoms with E-state index in [1.54, 1.807) is 11.7 Å². The number of nitrogens with zero attached hydrogens (tertiary/aromatic N) is 5. The van der Waals surface area contributed by atoms with Crippen LogP contribution >= 0.6 is 0 Å². The molecule has 0 aliphatic rings. The predicted molar refractivity (Wildman–Crippen MR) is 80.6 cm³/mol. The second-order valence-electron chi connectivity index (χ2n) is 4.87. The van der Waals surface area contributed by atoms with Crippen molar-refractivity contribution >= 4 is 11.5 Å². The quantitative estimate of drug-likeness (QED) is 0.733. The molecule has 108 valence electrons. The molecule has 0 aliphatic heterocycles. The number of hydrogen-bond donors (Lipinski definition) is 0. The van der Waals surface area contributed by atoms with Crippen molar-refractivity contribution in [3.63, 3.8) is 0 Å². The molecule has 0 N–H and O–H groups in total. The molecule has 0 unspecified atom stereocenters. The minimum atomic E-state index is 0.705. The molecule has 0 atom stereocenters. The van der Waals surface area contributed by atoms with Gasteiger partial charge >= 0.3 is 0 Å². The third-order valence-electron chi connectivity index (χ3n) is 3.29. The van der Waals surface area contributed by atoms with Crippen molar-refractivity contribution in [2.45, 2.75) is 13.5 Å². The number of rotatable bonds is 4. The van der Waals surface area contributed by atoms with E-state index in [4.69, 9.17) is 4.74 Å². The standard InChI is InChI=1S/C15H17N5O/c1-11-16-14-8-9-15(18-20(14)17-11)19(2)10-12-6-4-5-7-13(12)21-3/h4-9H,10H2,1-3H3. The van der Waals surface area contributed by atoms with Crippen molar-refractivity contribution in [2.75, 3.05) is 19.1 Å². The van der Waals surface area contributed by atoms with Gasteiger partial charge in [-0.2, -0.15) is 0 Å². The molecule has 0 spiro atoms. The molecule has 0 aliphatic carbocycles. The summed E-state index contributed by atoms with van der Waals surface area (Å²) in [4.78, 5) is 6.33. The largest absolute Gasteiger partial charge is 0.496 e. The molecule has 0 amide bonds. The lowest BCUT2D eigenvalue weighted by atomic mass is 10.2. The van der Waals surface area contributed by atoms with E-state index in [-0.39, 0.29) is 0 Å². The van der Waals surface area contributed by atoms with Crippen molar-refractivity contribution < 1.29 is 4.74 Å². The highest BCUT2D eigenvalue weighted by atomic mass is 16.5. The molecule has 0 saturated heterocycles. The van der Waals surface area contributed by atoms with Crippen LogP contribution in [0.5, 0.6) is 5.75 Å². The van der Waals surface area contributed by atoms with E-state index in [0.717, 1.165) is 22.8 Å². The molecule has 0 bridgehead atoms. The molecule has 2 heterocycles. The Kier molecular flexibility index (Phi) is 3.43. The number of methoxy groups -OCH3 is 1. The summed E-state index contributed by atoms with van der Waals surface area (Å²) in [6, 6.07) is 11.8. The fraction of sp³-hybridized carbons (Fsp3) is 0.267. The number of aryl methyl sites for hydroxylation is 1. The van der Waals surface area contributed by atoms with Gasteiger partial charge in [-0.1, -0.05) is 18.2 Å². The minimum Gasteiger partial charge on any atom is -0.496 e. The van der Waals surface area contributed by atoms with Gasteiger partial charge in [-0.3, -0.25) is 0 Å². The first-order valence-corrected chi connectivity index (χ1v) is 6.71. The van der Waals surface area contributed by atoms with Gasteiger partial charge in [0, 0.05) is 19.2 Å². The Bertz CT molecular complexity index is 768. The van der Waals surface area contributed by atoms with E-state index >= 15 is 0 Å². The monoisotopic (exact) mass is 283 g/mol. The van der Waals surface area contributed by atoms with Gasteiger partial charge in [-0.15, -0.1) is 14.8 Å². The zero-order valence-electron chi connectivity index (χ0n) is 12.3. The van der Waals surface area contributed by atoms with Crippen molar-refractivity contribution in [2.24, 2.45) is 0 Å². The molecular weight excluding hydrogens is 266 g/mol. The number of hydrogen-bond acceptors (Lipinski definition) is 5. The summed E-state index contributed by atoms with van der Waals surface area (Å²) < 4.78 is 6.94. The molecule has 0 radical (unpaired) electrons. The van der Waals surface area contributed by atoms with Gasteiger partial charge in [-0.05, 0) is 25.1 Å². The van der Waals surface area contributed by atoms with Crippen molar-refractivity contribution in [1.82, 2.24) is 19.8 Å². The van der Waals surface area contributed by atoms with E-state index in [1.165, 1.54) is 0 Å². The van der Waals surface area contributed by atoms with Crippen LogP contribution in [0.1, 0.15) is 11.4 Å². The van der Waals surface area contributed by atoms with Crippen LogP contribution in [-0.4, -0.2) is 34.0 Å². The Morgan fingerprint density at radius 2 is 1.95 bits per heavy atom. The number of aromatic nitrogens is 4. The van der Waals surface area contributed by atoms with E-state index in [0.29, 0.717) is 12.4 Å². The number of anilines is 1. The van der Waals surface area contributed by atoms with Crippen LogP contribution in [-0.2, 0) is 6.54 Å². The Balaban J connectivity index is 1.87. The van der Waals surface area contributed by atoms with Gasteiger partial charge in [0.1, 0.15) is 11.6 Å². The first-order valence-electron chi connectivity index (χ1n) is 6.71. The lowest BCUT2D eigenvalue weighted by Crippen LogP contribution is -2.19. The summed E-state index contributed by atoms with van der Waals surface area (Å²) in [6.07, 6.45) is 0. The molecule has 3 rings (SSSR count). The summed E-state index contributed by atoms with van der Waals surface area (Å²) in [6.45, 7) is 2.56. The highest BCUT2D eigenvalue weighted by molar-refractivity contribution is 5.46. The van der Waals surface area contributed by atoms with Gasteiger partial charge in [-0.25, -0.2) is 4.98 Å². The van der Waals surface area contributed by atoms with E-state index in [9.17, 15) is 0 Å². The highest BCUT2D eigenvalue weighted by Gasteiger charge is 2.09. The van der Waals surface area contributed by atoms with Gasteiger partial charge < -0.3 is 9.64 Å². The minimum absolute atomic E-state index is 0.705. The second-order valence-corrected chi connectivity index (χ2v) is 4.87. The third-order valence-corrected chi connectivity index (χ3v) is 3.29. The van der Waals surface area contributed by atoms with Gasteiger partial charge in [0.15, 0.2) is 11.5 Å². The average molecular weight is 283 g/mol. The fourth-order valence-corrected chi connectivity index (χ4v) is 2.25. The van der Waals surface area contributed by atoms with E-state index in [1.807, 2.05) is 55.3 Å². The molecule has 21 heavy (non-hydrogen) atoms. The summed E-state index contributed by atoms with van der Waals surface area (Å²) in [7, 11) is 3.67. The van der Waals surface area contributed by atoms with Crippen LogP contribution in [0.15, 0.2) is 36.4 Å². The van der Waals surface area contributed by atoms with Crippen molar-refractivity contribution in [3.8, 4) is 5.75 Å². The maximum atomic E-state index is 5.38. The zero-order valence-corrected chi connectivity index (χ0v) is 12.3. The normalized spacial score (nSPS) is 10.8. The Morgan fingerprint density at radius 3 is 2.76 bits per heavy atom. The highest BCUT2D eigenvalue weighted by Crippen LogP contribution is 2.21. The Labute approximate surface area is 123 Å². The molecule has 1 aromatic carbocycles. The SMILES string of the molecule is COc1ccccc1CN(C)c1ccc2nc(C)nn2n1. The summed E-state index contributed by atoms with van der Waals surface area (Å²) >= 11 is 0. The maximum absolute atomic E-state index is 5.38. The molecule has 2 aromatic heterocycles. The second kappa shape index (κ2) is 5.40. The first kappa shape index (κ1) is 13.4. The smallest absolute Gasteiger partial charge is 0.176 e. The van der Waals surface area contributed by atoms with Crippen LogP contribution < -0.4 is 9.64 Å². The number of para-hydroxylation sites is 1. The van der Waals surface area contributed by atoms with Gasteiger partial charge in [0.2, 0.25) is 0 Å². The molecule has 3 aromatic rings. The summed E-state index contributed by atoms with van der Waals surface area (Å²) in [5.74, 6) is 2.42. The molecule has 0 fully saturated rings. The summed E-state index contributed by atoms with van der Waals surface area (Å²) in [5, 5.41) is 8.72. The lowest BCUT2D eigenvalue weighted by Gasteiger charge is -2.19. The summed E-state index contributed by atoms with van der Waals surface area (Å²) in [5.41, 5.74) is 1.86. The predicted octanol–water partition coefficient (Wildman–Crippen LogP) is 2.08. The van der Waals surface area contributed by atoms with E-state index < -0.39 is 0 Å². The molecule has 0 saturated carbocycles. The third kappa shape index (κ3) is 2.65. The number of ether oxygens (including phenoxy) is 1. The molecule has 6 heteroatoms. The first-order chi connectivity index (χ1) is 10.2. The van der Waals surface area contributed by atoms with Gasteiger partial charge in [0.05, 0.1) is 7.11 Å². The molecule has 6 nitrogen and oxygen atoms in total. The zero-order chi connectivity index (χ0) is 14.8. The van der Waals surface area contributed by atoms with Crippen LogP contribution in [0.25, 0.3) is 5.65 Å².